The first-order valence-electron chi connectivity index (χ1n) is 10.4. The van der Waals surface area contributed by atoms with Gasteiger partial charge >= 0.3 is 5.69 Å². The number of hydrogen-bond acceptors (Lipinski definition) is 10. The van der Waals surface area contributed by atoms with Gasteiger partial charge in [0, 0.05) is 39.1 Å². The summed E-state index contributed by atoms with van der Waals surface area (Å²) in [6, 6.07) is 0. The maximum absolute atomic E-state index is 12.6. The summed E-state index contributed by atoms with van der Waals surface area (Å²) in [6.07, 6.45) is -4.10. The summed E-state index contributed by atoms with van der Waals surface area (Å²) in [5.74, 6) is 0.518. The highest BCUT2D eigenvalue weighted by molar-refractivity contribution is 5.81. The highest BCUT2D eigenvalue weighted by atomic mass is 16.6. The first kappa shape index (κ1) is 21.6. The van der Waals surface area contributed by atoms with E-state index in [0.29, 0.717) is 25.3 Å². The molecule has 2 aromatic rings. The van der Waals surface area contributed by atoms with Crippen LogP contribution in [0.25, 0.3) is 11.2 Å². The molecule has 7 N–H and O–H groups in total. The van der Waals surface area contributed by atoms with Crippen LogP contribution in [0.15, 0.2) is 4.79 Å². The number of aryl methyl sites for hydroxylation is 1. The zero-order valence-electron chi connectivity index (χ0n) is 17.2. The van der Waals surface area contributed by atoms with Crippen molar-refractivity contribution in [1.82, 2.24) is 35.1 Å². The van der Waals surface area contributed by atoms with E-state index in [1.54, 1.807) is 4.90 Å². The van der Waals surface area contributed by atoms with Crippen LogP contribution in [0.5, 0.6) is 0 Å². The van der Waals surface area contributed by atoms with Crippen molar-refractivity contribution in [1.29, 1.82) is 0 Å². The maximum Gasteiger partial charge on any atom is 0.330 e. The molecule has 170 valence electrons. The van der Waals surface area contributed by atoms with Crippen LogP contribution in [0.1, 0.15) is 19.0 Å². The lowest BCUT2D eigenvalue weighted by molar-refractivity contribution is -0.130. The van der Waals surface area contributed by atoms with Crippen molar-refractivity contribution in [3.8, 4) is 0 Å². The summed E-state index contributed by atoms with van der Waals surface area (Å²) >= 11 is 0. The molecule has 2 aliphatic rings. The lowest BCUT2D eigenvalue weighted by Crippen LogP contribution is -2.50. The molecule has 2 saturated heterocycles. The molecule has 0 radical (unpaired) electrons. The fourth-order valence-corrected chi connectivity index (χ4v) is 3.92. The van der Waals surface area contributed by atoms with Crippen molar-refractivity contribution < 1.29 is 19.7 Å². The molecule has 2 aromatic heterocycles. The number of aromatic nitrogens is 4. The van der Waals surface area contributed by atoms with Crippen LogP contribution >= 0.6 is 0 Å². The number of nitrogen functional groups attached to an aromatic ring is 1. The average Bonchev–Trinajstić information content (AvgIpc) is 3.25. The standard InChI is InChI=1S/C18H28N8O5/c1-2-10-22-15(19)12-16(23-10)26(18(30)24-12)17-14(29)13(28)9(31-17)7-21-8-11(27)25-5-3-20-4-6-25/h9,13-14,17,20-21,28-29H,2-8H2,1H3,(H,24,30)(H2,19,22,23)/t9-,13-,14-,17-/m1/s1. The number of H-pyrrole nitrogens is 1. The molecule has 4 heterocycles. The Balaban J connectivity index is 1.46. The molecule has 0 spiro atoms. The van der Waals surface area contributed by atoms with Crippen LogP contribution in [0.3, 0.4) is 0 Å². The molecule has 13 nitrogen and oxygen atoms in total. The lowest BCUT2D eigenvalue weighted by atomic mass is 10.1. The normalized spacial score (nSPS) is 26.6. The monoisotopic (exact) mass is 436 g/mol. The molecule has 4 atom stereocenters. The van der Waals surface area contributed by atoms with E-state index >= 15 is 0 Å². The number of aromatic amines is 1. The van der Waals surface area contributed by atoms with E-state index in [1.807, 2.05) is 6.92 Å². The highest BCUT2D eigenvalue weighted by Gasteiger charge is 2.45. The van der Waals surface area contributed by atoms with Gasteiger partial charge in [-0.05, 0) is 0 Å². The molecule has 0 bridgehead atoms. The van der Waals surface area contributed by atoms with Gasteiger partial charge in [-0.3, -0.25) is 4.79 Å². The Bertz CT molecular complexity index is 1000. The third-order valence-corrected chi connectivity index (χ3v) is 5.64. The number of aliphatic hydroxyl groups excluding tert-OH is 2. The van der Waals surface area contributed by atoms with Gasteiger partial charge in [-0.2, -0.15) is 0 Å². The maximum atomic E-state index is 12.6. The summed E-state index contributed by atoms with van der Waals surface area (Å²) in [6.45, 7) is 4.89. The molecule has 2 fully saturated rings. The van der Waals surface area contributed by atoms with E-state index in [9.17, 15) is 19.8 Å². The van der Waals surface area contributed by atoms with Gasteiger partial charge in [-0.25, -0.2) is 19.3 Å². The molecule has 0 aromatic carbocycles. The summed E-state index contributed by atoms with van der Waals surface area (Å²) in [5.41, 5.74) is 5.79. The molecule has 31 heavy (non-hydrogen) atoms. The Labute approximate surface area is 177 Å². The zero-order chi connectivity index (χ0) is 22.1. The molecule has 1 amide bonds. The van der Waals surface area contributed by atoms with Gasteiger partial charge < -0.3 is 41.2 Å². The van der Waals surface area contributed by atoms with Crippen molar-refractivity contribution in [2.24, 2.45) is 0 Å². The van der Waals surface area contributed by atoms with Crippen molar-refractivity contribution in [2.75, 3.05) is 45.0 Å². The highest BCUT2D eigenvalue weighted by Crippen LogP contribution is 2.30. The number of nitrogens with zero attached hydrogens (tertiary/aromatic N) is 4. The summed E-state index contributed by atoms with van der Waals surface area (Å²) in [7, 11) is 0. The number of piperazine rings is 1. The number of carbonyl (C=O) groups excluding carboxylic acids is 1. The number of nitrogens with one attached hydrogen (secondary N) is 3. The van der Waals surface area contributed by atoms with Gasteiger partial charge in [0.05, 0.1) is 6.54 Å². The average molecular weight is 436 g/mol. The predicted octanol–water partition coefficient (Wildman–Crippen LogP) is -3.10. The second-order valence-electron chi connectivity index (χ2n) is 7.69. The Morgan fingerprint density at radius 1 is 1.29 bits per heavy atom. The largest absolute Gasteiger partial charge is 0.387 e. The predicted molar refractivity (Wildman–Crippen MR) is 110 cm³/mol. The van der Waals surface area contributed by atoms with Crippen LogP contribution < -0.4 is 22.1 Å². The van der Waals surface area contributed by atoms with Gasteiger partial charge in [-0.15, -0.1) is 0 Å². The fraction of sp³-hybridized carbons (Fsp3) is 0.667. The number of carbonyl (C=O) groups is 1. The van der Waals surface area contributed by atoms with Crippen molar-refractivity contribution in [3.05, 3.63) is 16.3 Å². The topological polar surface area (TPSA) is 184 Å². The van der Waals surface area contributed by atoms with Gasteiger partial charge in [-0.1, -0.05) is 6.92 Å². The number of amides is 1. The first-order chi connectivity index (χ1) is 14.9. The summed E-state index contributed by atoms with van der Waals surface area (Å²) in [5, 5.41) is 27.2. The van der Waals surface area contributed by atoms with E-state index in [0.717, 1.165) is 17.7 Å². The molecule has 4 rings (SSSR count). The number of hydrogen-bond donors (Lipinski definition) is 6. The van der Waals surface area contributed by atoms with E-state index in [1.165, 1.54) is 0 Å². The Morgan fingerprint density at radius 2 is 2.03 bits per heavy atom. The minimum Gasteiger partial charge on any atom is -0.387 e. The molecule has 0 aliphatic carbocycles. The lowest BCUT2D eigenvalue weighted by Gasteiger charge is -2.27. The van der Waals surface area contributed by atoms with Gasteiger partial charge in [0.25, 0.3) is 0 Å². The zero-order valence-corrected chi connectivity index (χ0v) is 17.2. The second kappa shape index (κ2) is 8.88. The van der Waals surface area contributed by atoms with Crippen molar-refractivity contribution >= 4 is 22.9 Å². The van der Waals surface area contributed by atoms with Crippen molar-refractivity contribution in [2.45, 2.75) is 37.9 Å². The minimum absolute atomic E-state index is 0.0433. The SMILES string of the molecule is CCc1nc(N)c2[nH]c(=O)n([C@@H]3O[C@H](CNCC(=O)N4CCNCC4)[C@@H](O)[C@H]3O)c2n1. The van der Waals surface area contributed by atoms with Crippen LogP contribution in [0.4, 0.5) is 5.82 Å². The number of imidazole rings is 1. The molecule has 0 unspecified atom stereocenters. The van der Waals surface area contributed by atoms with Crippen molar-refractivity contribution in [3.63, 3.8) is 0 Å². The van der Waals surface area contributed by atoms with Gasteiger partial charge in [0.2, 0.25) is 5.91 Å². The van der Waals surface area contributed by atoms with Crippen LogP contribution in [0.2, 0.25) is 0 Å². The van der Waals surface area contributed by atoms with Gasteiger partial charge in [0.15, 0.2) is 17.7 Å². The van der Waals surface area contributed by atoms with Crippen LogP contribution in [-0.4, -0.2) is 98.1 Å². The molecule has 13 heteroatoms. The minimum atomic E-state index is -1.37. The van der Waals surface area contributed by atoms with E-state index in [-0.39, 0.29) is 36.0 Å². The Morgan fingerprint density at radius 3 is 2.74 bits per heavy atom. The molecule has 0 saturated carbocycles. The fourth-order valence-electron chi connectivity index (χ4n) is 3.92. The van der Waals surface area contributed by atoms with Crippen LogP contribution in [0, 0.1) is 0 Å². The summed E-state index contributed by atoms with van der Waals surface area (Å²) in [4.78, 5) is 37.6. The molecular weight excluding hydrogens is 408 g/mol. The number of nitrogens with two attached hydrogens (primary N) is 1. The van der Waals surface area contributed by atoms with E-state index in [4.69, 9.17) is 10.5 Å². The Kier molecular flexibility index (Phi) is 6.20. The second-order valence-corrected chi connectivity index (χ2v) is 7.69. The molecular formula is C18H28N8O5. The van der Waals surface area contributed by atoms with Gasteiger partial charge in [0.1, 0.15) is 29.7 Å². The third-order valence-electron chi connectivity index (χ3n) is 5.64. The van der Waals surface area contributed by atoms with E-state index in [2.05, 4.69) is 25.6 Å². The number of ether oxygens (including phenoxy) is 1. The number of rotatable bonds is 6. The van der Waals surface area contributed by atoms with Crippen LogP contribution in [-0.2, 0) is 16.0 Å². The Hall–Kier alpha value is -2.58. The number of anilines is 1. The summed E-state index contributed by atoms with van der Waals surface area (Å²) < 4.78 is 6.95. The third kappa shape index (κ3) is 4.14. The smallest absolute Gasteiger partial charge is 0.330 e. The first-order valence-corrected chi connectivity index (χ1v) is 10.4. The number of fused-ring (bicyclic) bond motifs is 1. The quantitative estimate of drug-likeness (QED) is 0.271. The molecule has 2 aliphatic heterocycles. The number of aliphatic hydroxyl groups is 2. The van der Waals surface area contributed by atoms with E-state index < -0.39 is 30.2 Å².